The number of aliphatic hydroxyl groups excluding tert-OH is 1. The van der Waals surface area contributed by atoms with Crippen molar-refractivity contribution in [3.63, 3.8) is 0 Å². The molecule has 0 aliphatic heterocycles. The van der Waals surface area contributed by atoms with Crippen LogP contribution in [-0.4, -0.2) is 41.6 Å². The van der Waals surface area contributed by atoms with Crippen molar-refractivity contribution in [1.82, 2.24) is 4.90 Å². The summed E-state index contributed by atoms with van der Waals surface area (Å²) >= 11 is 1.87. The monoisotopic (exact) mass is 267 g/mol. The van der Waals surface area contributed by atoms with Gasteiger partial charge >= 0.3 is 0 Å². The Balaban J connectivity index is 2.41. The van der Waals surface area contributed by atoms with Gasteiger partial charge in [0.2, 0.25) is 0 Å². The Hall–Kier alpha value is -0.510. The molecule has 0 bridgehead atoms. The summed E-state index contributed by atoms with van der Waals surface area (Å²) in [7, 11) is 2.13. The molecule has 18 heavy (non-hydrogen) atoms. The number of rotatable bonds is 7. The maximum Gasteiger partial charge on any atom is 0.0802 e. The van der Waals surface area contributed by atoms with E-state index in [9.17, 15) is 5.11 Å². The maximum atomic E-state index is 10.1. The van der Waals surface area contributed by atoms with Crippen LogP contribution in [0, 0.1) is 6.92 Å². The van der Waals surface area contributed by atoms with Crippen LogP contribution in [0.3, 0.4) is 0 Å². The van der Waals surface area contributed by atoms with Gasteiger partial charge in [0.25, 0.3) is 0 Å². The first-order valence-electron chi connectivity index (χ1n) is 6.48. The number of aryl methyl sites for hydroxylation is 1. The third-order valence-corrected chi connectivity index (χ3v) is 4.19. The van der Waals surface area contributed by atoms with Crippen LogP contribution in [0.25, 0.3) is 0 Å². The van der Waals surface area contributed by atoms with Crippen molar-refractivity contribution >= 4 is 11.8 Å². The van der Waals surface area contributed by atoms with Gasteiger partial charge in [0, 0.05) is 18.3 Å². The zero-order valence-corrected chi connectivity index (χ0v) is 12.7. The van der Waals surface area contributed by atoms with Crippen molar-refractivity contribution in [3.05, 3.63) is 35.4 Å². The highest BCUT2D eigenvalue weighted by atomic mass is 32.2. The average Bonchev–Trinajstić information content (AvgIpc) is 2.36. The van der Waals surface area contributed by atoms with E-state index in [1.54, 1.807) is 0 Å². The SMILES string of the molecule is CSCC(C)N(C)CCC(O)c1ccc(C)cc1. The molecule has 0 saturated carbocycles. The molecule has 0 aromatic heterocycles. The summed E-state index contributed by atoms with van der Waals surface area (Å²) in [6.07, 6.45) is 2.57. The predicted octanol–water partition coefficient (Wildman–Crippen LogP) is 3.10. The van der Waals surface area contributed by atoms with E-state index in [1.807, 2.05) is 23.9 Å². The van der Waals surface area contributed by atoms with E-state index in [-0.39, 0.29) is 6.10 Å². The quantitative estimate of drug-likeness (QED) is 0.821. The standard InChI is InChI=1S/C15H25NOS/c1-12-5-7-14(8-6-12)15(17)9-10-16(3)13(2)11-18-4/h5-8,13,15,17H,9-11H2,1-4H3. The van der Waals surface area contributed by atoms with Crippen LogP contribution in [0.15, 0.2) is 24.3 Å². The smallest absolute Gasteiger partial charge is 0.0802 e. The third-order valence-electron chi connectivity index (χ3n) is 3.38. The van der Waals surface area contributed by atoms with Gasteiger partial charge in [-0.1, -0.05) is 29.8 Å². The summed E-state index contributed by atoms with van der Waals surface area (Å²) in [5, 5.41) is 10.1. The van der Waals surface area contributed by atoms with Gasteiger partial charge in [-0.05, 0) is 39.1 Å². The van der Waals surface area contributed by atoms with Crippen molar-refractivity contribution in [2.45, 2.75) is 32.4 Å². The summed E-state index contributed by atoms with van der Waals surface area (Å²) in [6.45, 7) is 5.22. The van der Waals surface area contributed by atoms with E-state index in [2.05, 4.69) is 44.2 Å². The first kappa shape index (κ1) is 15.5. The highest BCUT2D eigenvalue weighted by molar-refractivity contribution is 7.98. The molecule has 1 aromatic rings. The fraction of sp³-hybridized carbons (Fsp3) is 0.600. The Morgan fingerprint density at radius 2 is 1.89 bits per heavy atom. The molecule has 102 valence electrons. The molecule has 0 saturated heterocycles. The van der Waals surface area contributed by atoms with E-state index < -0.39 is 0 Å². The van der Waals surface area contributed by atoms with Gasteiger partial charge in [-0.2, -0.15) is 11.8 Å². The molecule has 0 heterocycles. The van der Waals surface area contributed by atoms with Crippen LogP contribution in [0.1, 0.15) is 30.6 Å². The molecule has 1 aromatic carbocycles. The lowest BCUT2D eigenvalue weighted by Gasteiger charge is -2.25. The zero-order valence-electron chi connectivity index (χ0n) is 11.9. The minimum atomic E-state index is -0.352. The lowest BCUT2D eigenvalue weighted by molar-refractivity contribution is 0.142. The van der Waals surface area contributed by atoms with Crippen molar-refractivity contribution in [2.24, 2.45) is 0 Å². The number of nitrogens with zero attached hydrogens (tertiary/aromatic N) is 1. The molecule has 0 aliphatic carbocycles. The van der Waals surface area contributed by atoms with Gasteiger partial charge in [-0.3, -0.25) is 0 Å². The van der Waals surface area contributed by atoms with E-state index in [4.69, 9.17) is 0 Å². The van der Waals surface area contributed by atoms with E-state index >= 15 is 0 Å². The Morgan fingerprint density at radius 3 is 2.44 bits per heavy atom. The van der Waals surface area contributed by atoms with Crippen molar-refractivity contribution in [2.75, 3.05) is 25.6 Å². The molecule has 0 spiro atoms. The topological polar surface area (TPSA) is 23.5 Å². The molecule has 1 rings (SSSR count). The summed E-state index contributed by atoms with van der Waals surface area (Å²) in [6, 6.07) is 8.71. The molecular weight excluding hydrogens is 242 g/mol. The molecule has 2 atom stereocenters. The Bertz CT molecular complexity index is 339. The second-order valence-electron chi connectivity index (χ2n) is 5.00. The summed E-state index contributed by atoms with van der Waals surface area (Å²) in [4.78, 5) is 2.31. The fourth-order valence-electron chi connectivity index (χ4n) is 1.87. The normalized spacial score (nSPS) is 14.8. The highest BCUT2D eigenvalue weighted by Crippen LogP contribution is 2.18. The number of hydrogen-bond acceptors (Lipinski definition) is 3. The molecule has 0 aliphatic rings. The first-order chi connectivity index (χ1) is 8.54. The summed E-state index contributed by atoms with van der Waals surface area (Å²) in [5.41, 5.74) is 2.25. The summed E-state index contributed by atoms with van der Waals surface area (Å²) in [5.74, 6) is 1.14. The van der Waals surface area contributed by atoms with Crippen LogP contribution in [0.5, 0.6) is 0 Å². The second-order valence-corrected chi connectivity index (χ2v) is 5.91. The molecule has 2 nitrogen and oxygen atoms in total. The Morgan fingerprint density at radius 1 is 1.28 bits per heavy atom. The van der Waals surface area contributed by atoms with Gasteiger partial charge in [0.05, 0.1) is 6.10 Å². The van der Waals surface area contributed by atoms with Crippen LogP contribution in [0.4, 0.5) is 0 Å². The molecule has 2 unspecified atom stereocenters. The van der Waals surface area contributed by atoms with E-state index in [1.165, 1.54) is 5.56 Å². The van der Waals surface area contributed by atoms with Gasteiger partial charge in [-0.25, -0.2) is 0 Å². The second kappa shape index (κ2) is 7.82. The largest absolute Gasteiger partial charge is 0.388 e. The van der Waals surface area contributed by atoms with Crippen molar-refractivity contribution in [1.29, 1.82) is 0 Å². The minimum Gasteiger partial charge on any atom is -0.388 e. The average molecular weight is 267 g/mol. The van der Waals surface area contributed by atoms with Crippen LogP contribution >= 0.6 is 11.8 Å². The molecular formula is C15H25NOS. The van der Waals surface area contributed by atoms with E-state index in [0.29, 0.717) is 6.04 Å². The molecule has 3 heteroatoms. The van der Waals surface area contributed by atoms with Gasteiger partial charge in [-0.15, -0.1) is 0 Å². The van der Waals surface area contributed by atoms with Crippen LogP contribution in [-0.2, 0) is 0 Å². The van der Waals surface area contributed by atoms with Gasteiger partial charge in [0.15, 0.2) is 0 Å². The first-order valence-corrected chi connectivity index (χ1v) is 7.87. The molecule has 0 fully saturated rings. The maximum absolute atomic E-state index is 10.1. The zero-order chi connectivity index (χ0) is 13.5. The Kier molecular flexibility index (Phi) is 6.76. The van der Waals surface area contributed by atoms with Gasteiger partial charge in [0.1, 0.15) is 0 Å². The third kappa shape index (κ3) is 5.01. The molecule has 0 amide bonds. The number of benzene rings is 1. The van der Waals surface area contributed by atoms with Crippen molar-refractivity contribution in [3.8, 4) is 0 Å². The number of thioether (sulfide) groups is 1. The van der Waals surface area contributed by atoms with Gasteiger partial charge < -0.3 is 10.0 Å². The fourth-order valence-corrected chi connectivity index (χ4v) is 2.61. The molecule has 0 radical (unpaired) electrons. The number of hydrogen-bond donors (Lipinski definition) is 1. The van der Waals surface area contributed by atoms with Crippen LogP contribution in [0.2, 0.25) is 0 Å². The Labute approximate surface area is 115 Å². The van der Waals surface area contributed by atoms with Crippen molar-refractivity contribution < 1.29 is 5.11 Å². The molecule has 1 N–H and O–H groups in total. The number of aliphatic hydroxyl groups is 1. The summed E-state index contributed by atoms with van der Waals surface area (Å²) < 4.78 is 0. The van der Waals surface area contributed by atoms with Crippen LogP contribution < -0.4 is 0 Å². The lowest BCUT2D eigenvalue weighted by atomic mass is 10.0. The highest BCUT2D eigenvalue weighted by Gasteiger charge is 2.12. The predicted molar refractivity (Wildman–Crippen MR) is 81.2 cm³/mol. The van der Waals surface area contributed by atoms with E-state index in [0.717, 1.165) is 24.3 Å². The minimum absolute atomic E-state index is 0.352. The lowest BCUT2D eigenvalue weighted by Crippen LogP contribution is -2.32.